The van der Waals surface area contributed by atoms with Crippen LogP contribution in [0.5, 0.6) is 5.75 Å². The maximum atomic E-state index is 8.50. The summed E-state index contributed by atoms with van der Waals surface area (Å²) in [6.45, 7) is 2.70. The van der Waals surface area contributed by atoms with E-state index in [4.69, 9.17) is 21.6 Å². The molecule has 0 heterocycles. The summed E-state index contributed by atoms with van der Waals surface area (Å²) in [4.78, 5) is 0. The minimum Gasteiger partial charge on any atom is -0.479 e. The number of halogens is 1. The molecule has 0 radical (unpaired) electrons. The Kier molecular flexibility index (Phi) is 4.86. The second kappa shape index (κ2) is 6.83. The first-order valence-electron chi connectivity index (χ1n) is 6.28. The number of nitrogens with one attached hydrogen (secondary N) is 1. The zero-order valence-corrected chi connectivity index (χ0v) is 11.9. The summed E-state index contributed by atoms with van der Waals surface area (Å²) in [6, 6.07) is 15.5. The lowest BCUT2D eigenvalue weighted by molar-refractivity contribution is 0.368. The van der Waals surface area contributed by atoms with Crippen LogP contribution in [0.2, 0.25) is 5.02 Å². The van der Waals surface area contributed by atoms with Crippen molar-refractivity contribution in [2.24, 2.45) is 0 Å². The first kappa shape index (κ1) is 14.2. The molecule has 2 rings (SSSR count). The van der Waals surface area contributed by atoms with E-state index in [-0.39, 0.29) is 6.61 Å². The molecule has 0 saturated carbocycles. The number of nitriles is 1. The zero-order valence-electron chi connectivity index (χ0n) is 11.2. The van der Waals surface area contributed by atoms with Crippen LogP contribution in [-0.2, 0) is 6.54 Å². The monoisotopic (exact) mass is 286 g/mol. The van der Waals surface area contributed by atoms with Gasteiger partial charge in [-0.05, 0) is 42.3 Å². The summed E-state index contributed by atoms with van der Waals surface area (Å²) in [5.74, 6) is 0.702. The molecule has 0 atom stereocenters. The Hall–Kier alpha value is -2.18. The lowest BCUT2D eigenvalue weighted by atomic mass is 10.2. The van der Waals surface area contributed by atoms with E-state index in [0.29, 0.717) is 12.3 Å². The van der Waals surface area contributed by atoms with Crippen LogP contribution in [0.4, 0.5) is 5.69 Å². The predicted molar refractivity (Wildman–Crippen MR) is 81.1 cm³/mol. The van der Waals surface area contributed by atoms with E-state index in [1.54, 1.807) is 0 Å². The van der Waals surface area contributed by atoms with Gasteiger partial charge in [-0.2, -0.15) is 5.26 Å². The van der Waals surface area contributed by atoms with Gasteiger partial charge >= 0.3 is 0 Å². The van der Waals surface area contributed by atoms with Crippen molar-refractivity contribution in [2.45, 2.75) is 13.5 Å². The summed E-state index contributed by atoms with van der Waals surface area (Å²) in [6.07, 6.45) is 0. The van der Waals surface area contributed by atoms with Crippen LogP contribution in [0.1, 0.15) is 11.1 Å². The lowest BCUT2D eigenvalue weighted by Crippen LogP contribution is -2.00. The molecule has 0 bridgehead atoms. The van der Waals surface area contributed by atoms with Crippen molar-refractivity contribution in [2.75, 3.05) is 11.9 Å². The molecule has 0 unspecified atom stereocenters. The molecule has 0 aromatic heterocycles. The Morgan fingerprint density at radius 1 is 1.25 bits per heavy atom. The molecule has 0 saturated heterocycles. The zero-order chi connectivity index (χ0) is 14.4. The molecule has 20 heavy (non-hydrogen) atoms. The molecule has 0 aliphatic heterocycles. The molecule has 0 aliphatic carbocycles. The summed E-state index contributed by atoms with van der Waals surface area (Å²) in [5, 5.41) is 12.6. The third-order valence-corrected chi connectivity index (χ3v) is 3.28. The van der Waals surface area contributed by atoms with Crippen LogP contribution in [0, 0.1) is 18.3 Å². The molecule has 0 amide bonds. The van der Waals surface area contributed by atoms with Crippen molar-refractivity contribution in [1.29, 1.82) is 5.26 Å². The number of ether oxygens (including phenoxy) is 1. The van der Waals surface area contributed by atoms with E-state index in [0.717, 1.165) is 21.8 Å². The first-order valence-corrected chi connectivity index (χ1v) is 6.65. The van der Waals surface area contributed by atoms with E-state index >= 15 is 0 Å². The summed E-state index contributed by atoms with van der Waals surface area (Å²) >= 11 is 6.09. The fourth-order valence-electron chi connectivity index (χ4n) is 1.77. The highest BCUT2D eigenvalue weighted by molar-refractivity contribution is 6.31. The average Bonchev–Trinajstić information content (AvgIpc) is 2.47. The SMILES string of the molecule is Cc1ccc(NCc2cccc(OCC#N)c2)cc1Cl. The minimum atomic E-state index is 0.0600. The number of hydrogen-bond donors (Lipinski definition) is 1. The number of benzene rings is 2. The van der Waals surface area contributed by atoms with Crippen LogP contribution in [-0.4, -0.2) is 6.61 Å². The molecule has 102 valence electrons. The fourth-order valence-corrected chi connectivity index (χ4v) is 1.95. The van der Waals surface area contributed by atoms with Crippen LogP contribution in [0.25, 0.3) is 0 Å². The van der Waals surface area contributed by atoms with E-state index in [1.165, 1.54) is 0 Å². The van der Waals surface area contributed by atoms with Gasteiger partial charge in [0.05, 0.1) is 0 Å². The van der Waals surface area contributed by atoms with Crippen molar-refractivity contribution in [3.8, 4) is 11.8 Å². The Labute approximate surface area is 123 Å². The van der Waals surface area contributed by atoms with Gasteiger partial charge in [0.1, 0.15) is 11.8 Å². The molecule has 0 spiro atoms. The number of anilines is 1. The van der Waals surface area contributed by atoms with E-state index in [2.05, 4.69) is 5.32 Å². The second-order valence-electron chi connectivity index (χ2n) is 4.41. The number of rotatable bonds is 5. The Bertz CT molecular complexity index is 635. The highest BCUT2D eigenvalue weighted by atomic mass is 35.5. The van der Waals surface area contributed by atoms with Gasteiger partial charge in [-0.15, -0.1) is 0 Å². The fraction of sp³-hybridized carbons (Fsp3) is 0.188. The van der Waals surface area contributed by atoms with E-state index in [1.807, 2.05) is 55.5 Å². The molecule has 0 fully saturated rings. The Morgan fingerprint density at radius 3 is 2.85 bits per heavy atom. The van der Waals surface area contributed by atoms with Crippen molar-refractivity contribution in [3.63, 3.8) is 0 Å². The van der Waals surface area contributed by atoms with Gasteiger partial charge in [0.15, 0.2) is 6.61 Å². The maximum absolute atomic E-state index is 8.50. The largest absolute Gasteiger partial charge is 0.479 e. The number of nitrogens with zero attached hydrogens (tertiary/aromatic N) is 1. The maximum Gasteiger partial charge on any atom is 0.174 e. The van der Waals surface area contributed by atoms with Gasteiger partial charge in [-0.25, -0.2) is 0 Å². The lowest BCUT2D eigenvalue weighted by Gasteiger charge is -2.09. The molecular formula is C16H15ClN2O. The summed E-state index contributed by atoms with van der Waals surface area (Å²) < 4.78 is 5.27. The Balaban J connectivity index is 1.99. The predicted octanol–water partition coefficient (Wildman–Crippen LogP) is 4.16. The van der Waals surface area contributed by atoms with Gasteiger partial charge in [0.2, 0.25) is 0 Å². The van der Waals surface area contributed by atoms with Crippen molar-refractivity contribution in [3.05, 3.63) is 58.6 Å². The van der Waals surface area contributed by atoms with Crippen LogP contribution in [0.15, 0.2) is 42.5 Å². The van der Waals surface area contributed by atoms with Crippen LogP contribution >= 0.6 is 11.6 Å². The standard InChI is InChI=1S/C16H15ClN2O/c1-12-5-6-14(10-16(12)17)19-11-13-3-2-4-15(9-13)20-8-7-18/h2-6,9-10,19H,8,11H2,1H3. The quantitative estimate of drug-likeness (QED) is 0.897. The van der Waals surface area contributed by atoms with E-state index < -0.39 is 0 Å². The molecule has 0 aliphatic rings. The average molecular weight is 287 g/mol. The molecule has 1 N–H and O–H groups in total. The van der Waals surface area contributed by atoms with Gasteiger partial charge in [0.25, 0.3) is 0 Å². The molecular weight excluding hydrogens is 272 g/mol. The topological polar surface area (TPSA) is 45.0 Å². The van der Waals surface area contributed by atoms with Crippen molar-refractivity contribution in [1.82, 2.24) is 0 Å². The first-order chi connectivity index (χ1) is 9.69. The molecule has 3 nitrogen and oxygen atoms in total. The number of hydrogen-bond acceptors (Lipinski definition) is 3. The summed E-state index contributed by atoms with van der Waals surface area (Å²) in [5.41, 5.74) is 3.12. The normalized spacial score (nSPS) is 9.85. The molecule has 4 heteroatoms. The number of aryl methyl sites for hydroxylation is 1. The smallest absolute Gasteiger partial charge is 0.174 e. The van der Waals surface area contributed by atoms with Crippen molar-refractivity contribution < 1.29 is 4.74 Å². The van der Waals surface area contributed by atoms with Gasteiger partial charge in [-0.1, -0.05) is 29.8 Å². The van der Waals surface area contributed by atoms with Gasteiger partial charge in [-0.3, -0.25) is 0 Å². The van der Waals surface area contributed by atoms with Gasteiger partial charge in [0, 0.05) is 17.3 Å². The molecule has 2 aromatic rings. The molecule has 2 aromatic carbocycles. The Morgan fingerprint density at radius 2 is 2.10 bits per heavy atom. The highest BCUT2D eigenvalue weighted by Crippen LogP contribution is 2.21. The third-order valence-electron chi connectivity index (χ3n) is 2.87. The second-order valence-corrected chi connectivity index (χ2v) is 4.82. The summed E-state index contributed by atoms with van der Waals surface area (Å²) in [7, 11) is 0. The highest BCUT2D eigenvalue weighted by Gasteiger charge is 2.00. The van der Waals surface area contributed by atoms with Crippen LogP contribution < -0.4 is 10.1 Å². The van der Waals surface area contributed by atoms with Crippen LogP contribution in [0.3, 0.4) is 0 Å². The third kappa shape index (κ3) is 3.91. The van der Waals surface area contributed by atoms with Crippen molar-refractivity contribution >= 4 is 17.3 Å². The minimum absolute atomic E-state index is 0.0600. The van der Waals surface area contributed by atoms with Gasteiger partial charge < -0.3 is 10.1 Å². The van der Waals surface area contributed by atoms with E-state index in [9.17, 15) is 0 Å².